The Hall–Kier alpha value is -2.17. The molecule has 0 unspecified atom stereocenters. The van der Waals surface area contributed by atoms with Crippen LogP contribution in [0.5, 0.6) is 5.75 Å². The zero-order valence-corrected chi connectivity index (χ0v) is 17.8. The SMILES string of the molecule is COc1ccc(S(=O)(=O)N2CCCO[C@@H]2CNC(=O)C(=O)NCCC(C)C)cc1. The lowest BCUT2D eigenvalue weighted by atomic mass is 10.1. The largest absolute Gasteiger partial charge is 0.497 e. The van der Waals surface area contributed by atoms with Crippen LogP contribution in [0.4, 0.5) is 0 Å². The Morgan fingerprint density at radius 2 is 1.86 bits per heavy atom. The van der Waals surface area contributed by atoms with Gasteiger partial charge >= 0.3 is 11.8 Å². The number of nitrogens with one attached hydrogen (secondary N) is 2. The normalized spacial score (nSPS) is 17.7. The first-order valence-corrected chi connectivity index (χ1v) is 11.0. The molecule has 0 radical (unpaired) electrons. The highest BCUT2D eigenvalue weighted by atomic mass is 32.2. The second kappa shape index (κ2) is 10.6. The number of amides is 2. The maximum absolute atomic E-state index is 13.0. The van der Waals surface area contributed by atoms with E-state index in [0.717, 1.165) is 6.42 Å². The van der Waals surface area contributed by atoms with E-state index in [1.807, 2.05) is 13.8 Å². The van der Waals surface area contributed by atoms with Gasteiger partial charge in [-0.05, 0) is 43.0 Å². The van der Waals surface area contributed by atoms with E-state index in [1.165, 1.54) is 23.5 Å². The van der Waals surface area contributed by atoms with Crippen LogP contribution in [0.1, 0.15) is 26.7 Å². The standard InChI is InChI=1S/C19H29N3O6S/c1-14(2)9-10-20-18(23)19(24)21-13-17-22(11-4-12-28-17)29(25,26)16-7-5-15(27-3)6-8-16/h5-8,14,17H,4,9-13H2,1-3H3,(H,20,23)(H,21,24)/t17-/m1/s1. The van der Waals surface area contributed by atoms with Crippen molar-refractivity contribution in [3.8, 4) is 5.75 Å². The lowest BCUT2D eigenvalue weighted by Gasteiger charge is -2.34. The summed E-state index contributed by atoms with van der Waals surface area (Å²) in [5.74, 6) is -0.604. The number of sulfonamides is 1. The van der Waals surface area contributed by atoms with Crippen molar-refractivity contribution in [1.82, 2.24) is 14.9 Å². The molecule has 1 fully saturated rings. The van der Waals surface area contributed by atoms with Crippen LogP contribution >= 0.6 is 0 Å². The predicted octanol–water partition coefficient (Wildman–Crippen LogP) is 0.711. The van der Waals surface area contributed by atoms with Crippen molar-refractivity contribution in [3.05, 3.63) is 24.3 Å². The van der Waals surface area contributed by atoms with Crippen LogP contribution in [0.15, 0.2) is 29.2 Å². The first kappa shape index (κ1) is 23.1. The van der Waals surface area contributed by atoms with E-state index in [0.29, 0.717) is 31.2 Å². The van der Waals surface area contributed by atoms with E-state index in [2.05, 4.69) is 10.6 Å². The molecule has 0 aromatic heterocycles. The molecule has 9 nitrogen and oxygen atoms in total. The molecule has 0 saturated carbocycles. The highest BCUT2D eigenvalue weighted by Crippen LogP contribution is 2.23. The molecule has 2 N–H and O–H groups in total. The molecule has 2 amide bonds. The van der Waals surface area contributed by atoms with Crippen LogP contribution in [0.25, 0.3) is 0 Å². The van der Waals surface area contributed by atoms with Crippen molar-refractivity contribution in [1.29, 1.82) is 0 Å². The van der Waals surface area contributed by atoms with E-state index in [4.69, 9.17) is 9.47 Å². The molecule has 1 saturated heterocycles. The van der Waals surface area contributed by atoms with Crippen LogP contribution in [-0.4, -0.2) is 64.1 Å². The van der Waals surface area contributed by atoms with Gasteiger partial charge in [-0.1, -0.05) is 13.8 Å². The van der Waals surface area contributed by atoms with E-state index >= 15 is 0 Å². The van der Waals surface area contributed by atoms with Gasteiger partial charge < -0.3 is 20.1 Å². The van der Waals surface area contributed by atoms with Gasteiger partial charge in [-0.25, -0.2) is 8.42 Å². The molecular formula is C19H29N3O6S. The van der Waals surface area contributed by atoms with Crippen molar-refractivity contribution in [2.45, 2.75) is 37.8 Å². The molecule has 0 bridgehead atoms. The molecule has 1 aliphatic rings. The van der Waals surface area contributed by atoms with Crippen molar-refractivity contribution in [2.24, 2.45) is 5.92 Å². The number of ether oxygens (including phenoxy) is 2. The number of methoxy groups -OCH3 is 1. The second-order valence-corrected chi connectivity index (χ2v) is 9.01. The molecular weight excluding hydrogens is 398 g/mol. The zero-order valence-electron chi connectivity index (χ0n) is 17.0. The van der Waals surface area contributed by atoms with E-state index < -0.39 is 28.1 Å². The van der Waals surface area contributed by atoms with Gasteiger partial charge in [0.2, 0.25) is 10.0 Å². The third kappa shape index (κ3) is 6.41. The number of carbonyl (C=O) groups excluding carboxylic acids is 2. The Kier molecular flexibility index (Phi) is 8.42. The Morgan fingerprint density at radius 1 is 1.21 bits per heavy atom. The van der Waals surface area contributed by atoms with Gasteiger partial charge in [-0.2, -0.15) is 4.31 Å². The minimum atomic E-state index is -3.83. The minimum absolute atomic E-state index is 0.103. The third-order valence-electron chi connectivity index (χ3n) is 4.47. The molecule has 29 heavy (non-hydrogen) atoms. The fourth-order valence-electron chi connectivity index (χ4n) is 2.80. The van der Waals surface area contributed by atoms with Crippen LogP contribution in [0.2, 0.25) is 0 Å². The van der Waals surface area contributed by atoms with Crippen molar-refractivity contribution < 1.29 is 27.5 Å². The summed E-state index contributed by atoms with van der Waals surface area (Å²) in [6, 6.07) is 6.05. The monoisotopic (exact) mass is 427 g/mol. The molecule has 0 spiro atoms. The van der Waals surface area contributed by atoms with Gasteiger partial charge in [-0.15, -0.1) is 0 Å². The number of nitrogens with zero attached hydrogens (tertiary/aromatic N) is 1. The van der Waals surface area contributed by atoms with E-state index in [1.54, 1.807) is 12.1 Å². The average Bonchev–Trinajstić information content (AvgIpc) is 2.71. The number of rotatable bonds is 8. The van der Waals surface area contributed by atoms with Gasteiger partial charge in [0, 0.05) is 13.1 Å². The summed E-state index contributed by atoms with van der Waals surface area (Å²) in [6.07, 6.45) is 0.414. The van der Waals surface area contributed by atoms with E-state index in [-0.39, 0.29) is 18.0 Å². The van der Waals surface area contributed by atoms with Crippen LogP contribution in [0, 0.1) is 5.92 Å². The predicted molar refractivity (Wildman–Crippen MR) is 107 cm³/mol. The lowest BCUT2D eigenvalue weighted by molar-refractivity contribution is -0.140. The van der Waals surface area contributed by atoms with Crippen molar-refractivity contribution in [2.75, 3.05) is 33.4 Å². The molecule has 1 heterocycles. The highest BCUT2D eigenvalue weighted by Gasteiger charge is 2.35. The topological polar surface area (TPSA) is 114 Å². The molecule has 1 aromatic rings. The first-order valence-electron chi connectivity index (χ1n) is 9.59. The van der Waals surface area contributed by atoms with Crippen LogP contribution in [0.3, 0.4) is 0 Å². The lowest BCUT2D eigenvalue weighted by Crippen LogP contribution is -2.53. The van der Waals surface area contributed by atoms with E-state index in [9.17, 15) is 18.0 Å². The van der Waals surface area contributed by atoms with Gasteiger partial charge in [0.25, 0.3) is 0 Å². The van der Waals surface area contributed by atoms with Crippen LogP contribution < -0.4 is 15.4 Å². The molecule has 1 aliphatic heterocycles. The smallest absolute Gasteiger partial charge is 0.309 e. The van der Waals surface area contributed by atoms with Gasteiger partial charge in [0.1, 0.15) is 12.0 Å². The average molecular weight is 428 g/mol. The van der Waals surface area contributed by atoms with Gasteiger partial charge in [0.05, 0.1) is 25.2 Å². The maximum Gasteiger partial charge on any atom is 0.309 e. The summed E-state index contributed by atoms with van der Waals surface area (Å²) in [4.78, 5) is 24.0. The van der Waals surface area contributed by atoms with Crippen molar-refractivity contribution >= 4 is 21.8 Å². The Bertz CT molecular complexity index is 795. The van der Waals surface area contributed by atoms with Gasteiger partial charge in [0.15, 0.2) is 0 Å². The summed E-state index contributed by atoms with van der Waals surface area (Å²) in [5.41, 5.74) is 0. The summed E-state index contributed by atoms with van der Waals surface area (Å²) in [7, 11) is -2.33. The quantitative estimate of drug-likeness (QED) is 0.591. The Morgan fingerprint density at radius 3 is 2.48 bits per heavy atom. The second-order valence-electron chi connectivity index (χ2n) is 7.12. The molecule has 1 aromatic carbocycles. The number of carbonyl (C=O) groups is 2. The molecule has 0 aliphatic carbocycles. The minimum Gasteiger partial charge on any atom is -0.497 e. The molecule has 2 rings (SSSR count). The number of benzene rings is 1. The fourth-order valence-corrected chi connectivity index (χ4v) is 4.37. The summed E-state index contributed by atoms with van der Waals surface area (Å²) >= 11 is 0. The maximum atomic E-state index is 13.0. The summed E-state index contributed by atoms with van der Waals surface area (Å²) in [6.45, 7) is 4.95. The molecule has 1 atom stereocenters. The van der Waals surface area contributed by atoms with Crippen LogP contribution in [-0.2, 0) is 24.3 Å². The Balaban J connectivity index is 1.99. The first-order chi connectivity index (χ1) is 13.8. The third-order valence-corrected chi connectivity index (χ3v) is 6.37. The fraction of sp³-hybridized carbons (Fsp3) is 0.579. The molecule has 10 heteroatoms. The number of hydrogen-bond acceptors (Lipinski definition) is 6. The summed E-state index contributed by atoms with van der Waals surface area (Å²) < 4.78 is 37.8. The van der Waals surface area contributed by atoms with Crippen molar-refractivity contribution in [3.63, 3.8) is 0 Å². The molecule has 162 valence electrons. The Labute approximate surface area is 171 Å². The van der Waals surface area contributed by atoms with Gasteiger partial charge in [-0.3, -0.25) is 9.59 Å². The summed E-state index contributed by atoms with van der Waals surface area (Å²) in [5, 5.41) is 5.00. The zero-order chi connectivity index (χ0) is 21.4. The number of hydrogen-bond donors (Lipinski definition) is 2. The highest BCUT2D eigenvalue weighted by molar-refractivity contribution is 7.89.